The van der Waals surface area contributed by atoms with E-state index in [1.54, 1.807) is 13.2 Å². The normalized spacial score (nSPS) is 17.4. The summed E-state index contributed by atoms with van der Waals surface area (Å²) in [4.78, 5) is 29.8. The van der Waals surface area contributed by atoms with Crippen LogP contribution in [-0.4, -0.2) is 61.6 Å². The topological polar surface area (TPSA) is 73.9 Å². The highest BCUT2D eigenvalue weighted by atomic mass is 16.5. The van der Waals surface area contributed by atoms with E-state index in [0.717, 1.165) is 63.2 Å². The van der Waals surface area contributed by atoms with Gasteiger partial charge in [0.15, 0.2) is 0 Å². The molecule has 0 aliphatic carbocycles. The largest absolute Gasteiger partial charge is 0.496 e. The molecule has 0 radical (unpaired) electrons. The molecule has 2 saturated heterocycles. The van der Waals surface area contributed by atoms with Crippen molar-refractivity contribution in [1.29, 1.82) is 0 Å². The zero-order chi connectivity index (χ0) is 23.0. The van der Waals surface area contributed by atoms with Crippen LogP contribution in [0.5, 0.6) is 5.75 Å². The average Bonchev–Trinajstić information content (AvgIpc) is 3.39. The van der Waals surface area contributed by atoms with Gasteiger partial charge >= 0.3 is 6.03 Å². The number of nitrogens with zero attached hydrogens (tertiary/aromatic N) is 2. The van der Waals surface area contributed by atoms with Crippen molar-refractivity contribution in [3.63, 3.8) is 0 Å². The summed E-state index contributed by atoms with van der Waals surface area (Å²) in [5.41, 5.74) is 2.31. The first-order valence-electron chi connectivity index (χ1n) is 12.0. The number of amides is 3. The van der Waals surface area contributed by atoms with E-state index in [4.69, 9.17) is 4.74 Å². The number of carbonyl (C=O) groups is 2. The summed E-state index contributed by atoms with van der Waals surface area (Å²) in [6.45, 7) is 4.09. The number of hydrogen-bond acceptors (Lipinski definition) is 4. The van der Waals surface area contributed by atoms with Crippen LogP contribution < -0.4 is 15.4 Å². The van der Waals surface area contributed by atoms with Gasteiger partial charge in [-0.3, -0.25) is 9.69 Å². The molecule has 4 rings (SSSR count). The lowest BCUT2D eigenvalue weighted by molar-refractivity contribution is 0.0724. The van der Waals surface area contributed by atoms with Crippen LogP contribution in [0.3, 0.4) is 0 Å². The Kier molecular flexibility index (Phi) is 7.83. The lowest BCUT2D eigenvalue weighted by Gasteiger charge is -2.29. The van der Waals surface area contributed by atoms with Gasteiger partial charge in [-0.2, -0.15) is 0 Å². The number of anilines is 1. The van der Waals surface area contributed by atoms with Gasteiger partial charge in [-0.1, -0.05) is 24.3 Å². The van der Waals surface area contributed by atoms with Crippen molar-refractivity contribution in [3.05, 3.63) is 59.7 Å². The Morgan fingerprint density at radius 1 is 0.939 bits per heavy atom. The van der Waals surface area contributed by atoms with Gasteiger partial charge in [-0.05, 0) is 69.5 Å². The van der Waals surface area contributed by atoms with Crippen molar-refractivity contribution in [3.8, 4) is 5.75 Å². The van der Waals surface area contributed by atoms with Crippen LogP contribution in [0.2, 0.25) is 0 Å². The number of para-hydroxylation sites is 1. The number of urea groups is 1. The standard InChI is InChI=1S/C26H34N4O3/c1-33-24-13-4-3-12-22(24)23(29-14-7-8-15-29)19-27-26(32)28-21-11-9-10-20(18-21)25(31)30-16-5-2-6-17-30/h3-4,9-13,18,23H,2,5-8,14-17,19H2,1H3,(H2,27,28,32). The molecule has 2 aromatic rings. The monoisotopic (exact) mass is 450 g/mol. The van der Waals surface area contributed by atoms with Crippen LogP contribution in [-0.2, 0) is 0 Å². The van der Waals surface area contributed by atoms with Crippen molar-refractivity contribution in [2.75, 3.05) is 45.2 Å². The summed E-state index contributed by atoms with van der Waals surface area (Å²) in [7, 11) is 1.68. The van der Waals surface area contributed by atoms with Gasteiger partial charge in [0.25, 0.3) is 5.91 Å². The Hall–Kier alpha value is -3.06. The summed E-state index contributed by atoms with van der Waals surface area (Å²) in [6.07, 6.45) is 5.61. The highest BCUT2D eigenvalue weighted by Crippen LogP contribution is 2.31. The third-order valence-electron chi connectivity index (χ3n) is 6.55. The Balaban J connectivity index is 1.39. The number of hydrogen-bond donors (Lipinski definition) is 2. The first kappa shape index (κ1) is 23.1. The predicted molar refractivity (Wildman–Crippen MR) is 130 cm³/mol. The van der Waals surface area contributed by atoms with Crippen LogP contribution >= 0.6 is 0 Å². The van der Waals surface area contributed by atoms with E-state index in [9.17, 15) is 9.59 Å². The number of likely N-dealkylation sites (tertiary alicyclic amines) is 2. The van der Waals surface area contributed by atoms with E-state index >= 15 is 0 Å². The average molecular weight is 451 g/mol. The molecule has 176 valence electrons. The van der Waals surface area contributed by atoms with E-state index < -0.39 is 0 Å². The quantitative estimate of drug-likeness (QED) is 0.660. The zero-order valence-corrected chi connectivity index (χ0v) is 19.4. The Bertz CT molecular complexity index is 952. The first-order valence-corrected chi connectivity index (χ1v) is 12.0. The molecule has 2 aliphatic heterocycles. The minimum atomic E-state index is -0.281. The fraction of sp³-hybridized carbons (Fsp3) is 0.462. The third-order valence-corrected chi connectivity index (χ3v) is 6.55. The molecule has 2 fully saturated rings. The number of benzene rings is 2. The second kappa shape index (κ2) is 11.2. The molecule has 2 aliphatic rings. The maximum Gasteiger partial charge on any atom is 0.319 e. The van der Waals surface area contributed by atoms with E-state index in [2.05, 4.69) is 21.6 Å². The highest BCUT2D eigenvalue weighted by molar-refractivity contribution is 5.97. The fourth-order valence-corrected chi connectivity index (χ4v) is 4.80. The number of carbonyl (C=O) groups excluding carboxylic acids is 2. The zero-order valence-electron chi connectivity index (χ0n) is 19.4. The minimum absolute atomic E-state index is 0.0315. The molecular formula is C26H34N4O3. The summed E-state index contributed by atoms with van der Waals surface area (Å²) >= 11 is 0. The highest BCUT2D eigenvalue weighted by Gasteiger charge is 2.26. The molecule has 33 heavy (non-hydrogen) atoms. The molecule has 0 spiro atoms. The molecule has 7 nitrogen and oxygen atoms in total. The van der Waals surface area contributed by atoms with E-state index in [1.165, 1.54) is 6.42 Å². The summed E-state index contributed by atoms with van der Waals surface area (Å²) in [6, 6.07) is 14.9. The molecule has 2 N–H and O–H groups in total. The maximum absolute atomic E-state index is 12.8. The summed E-state index contributed by atoms with van der Waals surface area (Å²) < 4.78 is 5.58. The van der Waals surface area contributed by atoms with Gasteiger partial charge in [-0.15, -0.1) is 0 Å². The number of ether oxygens (including phenoxy) is 1. The van der Waals surface area contributed by atoms with Crippen molar-refractivity contribution in [1.82, 2.24) is 15.1 Å². The van der Waals surface area contributed by atoms with Gasteiger partial charge < -0.3 is 20.3 Å². The second-order valence-electron chi connectivity index (χ2n) is 8.77. The van der Waals surface area contributed by atoms with Crippen LogP contribution in [0.4, 0.5) is 10.5 Å². The van der Waals surface area contributed by atoms with E-state index in [1.807, 2.05) is 41.3 Å². The van der Waals surface area contributed by atoms with Gasteiger partial charge in [0.2, 0.25) is 0 Å². The molecule has 1 atom stereocenters. The van der Waals surface area contributed by atoms with Crippen molar-refractivity contribution >= 4 is 17.6 Å². The van der Waals surface area contributed by atoms with Crippen molar-refractivity contribution < 1.29 is 14.3 Å². The SMILES string of the molecule is COc1ccccc1C(CNC(=O)Nc1cccc(C(=O)N2CCCCC2)c1)N1CCCC1. The molecule has 2 heterocycles. The fourth-order valence-electron chi connectivity index (χ4n) is 4.80. The summed E-state index contributed by atoms with van der Waals surface area (Å²) in [5.74, 6) is 0.865. The second-order valence-corrected chi connectivity index (χ2v) is 8.77. The van der Waals surface area contributed by atoms with Crippen LogP contribution in [0.15, 0.2) is 48.5 Å². The lowest BCUT2D eigenvalue weighted by Crippen LogP contribution is -2.38. The molecule has 0 aromatic heterocycles. The number of rotatable bonds is 7. The molecule has 7 heteroatoms. The molecule has 1 unspecified atom stereocenters. The Morgan fingerprint density at radius 2 is 1.67 bits per heavy atom. The van der Waals surface area contributed by atoms with Gasteiger partial charge in [0.1, 0.15) is 5.75 Å². The van der Waals surface area contributed by atoms with Crippen molar-refractivity contribution in [2.45, 2.75) is 38.1 Å². The number of piperidine rings is 1. The molecule has 3 amide bonds. The first-order chi connectivity index (χ1) is 16.2. The molecule has 2 aromatic carbocycles. The number of nitrogens with one attached hydrogen (secondary N) is 2. The lowest BCUT2D eigenvalue weighted by atomic mass is 10.0. The van der Waals surface area contributed by atoms with E-state index in [-0.39, 0.29) is 18.0 Å². The van der Waals surface area contributed by atoms with Gasteiger partial charge in [-0.25, -0.2) is 4.79 Å². The van der Waals surface area contributed by atoms with Crippen LogP contribution in [0.1, 0.15) is 54.1 Å². The van der Waals surface area contributed by atoms with Gasteiger partial charge in [0.05, 0.1) is 13.2 Å². The Labute approximate surface area is 196 Å². The summed E-state index contributed by atoms with van der Waals surface area (Å²) in [5, 5.41) is 5.92. The van der Waals surface area contributed by atoms with E-state index in [0.29, 0.717) is 17.8 Å². The minimum Gasteiger partial charge on any atom is -0.496 e. The maximum atomic E-state index is 12.8. The molecule has 0 saturated carbocycles. The van der Waals surface area contributed by atoms with Crippen molar-refractivity contribution in [2.24, 2.45) is 0 Å². The van der Waals surface area contributed by atoms with Gasteiger partial charge in [0, 0.05) is 36.4 Å². The van der Waals surface area contributed by atoms with Crippen LogP contribution in [0, 0.1) is 0 Å². The Morgan fingerprint density at radius 3 is 2.42 bits per heavy atom. The molecule has 0 bridgehead atoms. The number of methoxy groups -OCH3 is 1. The predicted octanol–water partition coefficient (Wildman–Crippen LogP) is 4.28. The smallest absolute Gasteiger partial charge is 0.319 e. The third kappa shape index (κ3) is 5.85. The van der Waals surface area contributed by atoms with Crippen LogP contribution in [0.25, 0.3) is 0 Å². The molecular weight excluding hydrogens is 416 g/mol.